The number of rotatable bonds is 6. The van der Waals surface area contributed by atoms with Crippen molar-refractivity contribution in [2.45, 2.75) is 25.8 Å². The van der Waals surface area contributed by atoms with E-state index in [-0.39, 0.29) is 0 Å². The standard InChI is InChI=1S/C17H26N2O2/c1-12-3-6-16(17(9-12)20-2)21-8-7-19-10-14(13-4-5-13)15(18)11-19/h3,6,9,13-15H,4-5,7-8,10-11,18H2,1-2H3/t14-,15+/m1/s1. The van der Waals surface area contributed by atoms with Crippen LogP contribution in [0.4, 0.5) is 0 Å². The summed E-state index contributed by atoms with van der Waals surface area (Å²) in [6.45, 7) is 5.82. The molecule has 3 rings (SSSR count). The maximum absolute atomic E-state index is 6.25. The van der Waals surface area contributed by atoms with Crippen LogP contribution in [0.5, 0.6) is 11.5 Å². The summed E-state index contributed by atoms with van der Waals surface area (Å²) in [6.07, 6.45) is 2.76. The summed E-state index contributed by atoms with van der Waals surface area (Å²) >= 11 is 0. The van der Waals surface area contributed by atoms with E-state index in [1.165, 1.54) is 18.4 Å². The van der Waals surface area contributed by atoms with Crippen molar-refractivity contribution in [3.63, 3.8) is 0 Å². The summed E-state index contributed by atoms with van der Waals surface area (Å²) in [5.41, 5.74) is 7.43. The third-order valence-electron chi connectivity index (χ3n) is 4.70. The Bertz CT molecular complexity index is 488. The van der Waals surface area contributed by atoms with Crippen molar-refractivity contribution in [2.75, 3.05) is 33.4 Å². The Hall–Kier alpha value is -1.26. The van der Waals surface area contributed by atoms with E-state index < -0.39 is 0 Å². The molecule has 1 saturated carbocycles. The molecule has 2 aliphatic rings. The van der Waals surface area contributed by atoms with Crippen LogP contribution in [0.3, 0.4) is 0 Å². The average Bonchev–Trinajstić information content (AvgIpc) is 3.24. The lowest BCUT2D eigenvalue weighted by molar-refractivity contribution is 0.224. The van der Waals surface area contributed by atoms with Crippen molar-refractivity contribution in [2.24, 2.45) is 17.6 Å². The van der Waals surface area contributed by atoms with Gasteiger partial charge in [-0.05, 0) is 49.3 Å². The van der Waals surface area contributed by atoms with E-state index in [1.54, 1.807) is 7.11 Å². The van der Waals surface area contributed by atoms with Crippen LogP contribution < -0.4 is 15.2 Å². The van der Waals surface area contributed by atoms with Gasteiger partial charge in [-0.2, -0.15) is 0 Å². The molecule has 0 aromatic heterocycles. The molecule has 0 spiro atoms. The second kappa shape index (κ2) is 6.24. The van der Waals surface area contributed by atoms with Gasteiger partial charge in [0.2, 0.25) is 0 Å². The molecule has 1 aliphatic heterocycles. The highest BCUT2D eigenvalue weighted by Gasteiger charge is 2.40. The van der Waals surface area contributed by atoms with Gasteiger partial charge in [0.05, 0.1) is 7.11 Å². The molecule has 0 bridgehead atoms. The van der Waals surface area contributed by atoms with Crippen molar-refractivity contribution in [3.8, 4) is 11.5 Å². The molecule has 4 nitrogen and oxygen atoms in total. The number of hydrogen-bond donors (Lipinski definition) is 1. The van der Waals surface area contributed by atoms with Crippen molar-refractivity contribution in [1.82, 2.24) is 4.90 Å². The van der Waals surface area contributed by atoms with Crippen molar-refractivity contribution < 1.29 is 9.47 Å². The van der Waals surface area contributed by atoms with Crippen LogP contribution in [0, 0.1) is 18.8 Å². The summed E-state index contributed by atoms with van der Waals surface area (Å²) < 4.78 is 11.2. The van der Waals surface area contributed by atoms with Gasteiger partial charge in [-0.15, -0.1) is 0 Å². The van der Waals surface area contributed by atoms with Gasteiger partial charge in [0.15, 0.2) is 11.5 Å². The van der Waals surface area contributed by atoms with Crippen molar-refractivity contribution >= 4 is 0 Å². The molecule has 2 N–H and O–H groups in total. The quantitative estimate of drug-likeness (QED) is 0.871. The number of aryl methyl sites for hydroxylation is 1. The molecular formula is C17H26N2O2. The van der Waals surface area contributed by atoms with Crippen LogP contribution in [-0.4, -0.2) is 44.3 Å². The molecule has 21 heavy (non-hydrogen) atoms. The van der Waals surface area contributed by atoms with Crippen LogP contribution >= 0.6 is 0 Å². The topological polar surface area (TPSA) is 47.7 Å². The lowest BCUT2D eigenvalue weighted by Crippen LogP contribution is -2.31. The first-order chi connectivity index (χ1) is 10.2. The lowest BCUT2D eigenvalue weighted by atomic mass is 9.99. The zero-order chi connectivity index (χ0) is 14.8. The number of benzene rings is 1. The molecule has 1 saturated heterocycles. The highest BCUT2D eigenvalue weighted by molar-refractivity contribution is 5.42. The van der Waals surface area contributed by atoms with Crippen molar-refractivity contribution in [3.05, 3.63) is 23.8 Å². The first-order valence-electron chi connectivity index (χ1n) is 7.92. The van der Waals surface area contributed by atoms with E-state index in [4.69, 9.17) is 15.2 Å². The minimum atomic E-state index is 0.353. The van der Waals surface area contributed by atoms with Crippen LogP contribution in [0.25, 0.3) is 0 Å². The summed E-state index contributed by atoms with van der Waals surface area (Å²) in [5.74, 6) is 3.23. The van der Waals surface area contributed by atoms with Gasteiger partial charge in [-0.3, -0.25) is 4.90 Å². The largest absolute Gasteiger partial charge is 0.493 e. The molecule has 116 valence electrons. The molecule has 1 aliphatic carbocycles. The first kappa shape index (κ1) is 14.7. The molecular weight excluding hydrogens is 264 g/mol. The fraction of sp³-hybridized carbons (Fsp3) is 0.647. The number of likely N-dealkylation sites (tertiary alicyclic amines) is 1. The smallest absolute Gasteiger partial charge is 0.161 e. The summed E-state index contributed by atoms with van der Waals surface area (Å²) in [6, 6.07) is 6.39. The predicted molar refractivity (Wildman–Crippen MR) is 83.9 cm³/mol. The lowest BCUT2D eigenvalue weighted by Gasteiger charge is -2.17. The molecule has 1 heterocycles. The van der Waals surface area contributed by atoms with Gasteiger partial charge in [-0.25, -0.2) is 0 Å². The Balaban J connectivity index is 1.48. The maximum Gasteiger partial charge on any atom is 0.161 e. The Labute approximate surface area is 127 Å². The zero-order valence-corrected chi connectivity index (χ0v) is 13.0. The van der Waals surface area contributed by atoms with Gasteiger partial charge in [-0.1, -0.05) is 6.07 Å². The Kier molecular flexibility index (Phi) is 4.36. The van der Waals surface area contributed by atoms with Crippen LogP contribution in [0.1, 0.15) is 18.4 Å². The minimum absolute atomic E-state index is 0.353. The third-order valence-corrected chi connectivity index (χ3v) is 4.70. The number of nitrogens with two attached hydrogens (primary N) is 1. The third kappa shape index (κ3) is 3.50. The van der Waals surface area contributed by atoms with Gasteiger partial charge in [0.1, 0.15) is 6.61 Å². The van der Waals surface area contributed by atoms with Crippen LogP contribution in [0.15, 0.2) is 18.2 Å². The van der Waals surface area contributed by atoms with Gasteiger partial charge in [0.25, 0.3) is 0 Å². The molecule has 4 heteroatoms. The number of methoxy groups -OCH3 is 1. The highest BCUT2D eigenvalue weighted by atomic mass is 16.5. The van der Waals surface area contributed by atoms with Crippen LogP contribution in [0.2, 0.25) is 0 Å². The number of nitrogens with zero attached hydrogens (tertiary/aromatic N) is 1. The van der Waals surface area contributed by atoms with E-state index in [2.05, 4.69) is 11.8 Å². The second-order valence-electron chi connectivity index (χ2n) is 6.43. The van der Waals surface area contributed by atoms with Gasteiger partial charge >= 0.3 is 0 Å². The SMILES string of the molecule is COc1cc(C)ccc1OCCN1C[C@H](C2CC2)[C@@H](N)C1. The molecule has 1 aromatic rings. The Morgan fingerprint density at radius 1 is 1.24 bits per heavy atom. The van der Waals surface area contributed by atoms with Gasteiger partial charge in [0, 0.05) is 25.7 Å². The first-order valence-corrected chi connectivity index (χ1v) is 7.92. The summed E-state index contributed by atoms with van der Waals surface area (Å²) in [7, 11) is 1.68. The molecule has 2 atom stereocenters. The maximum atomic E-state index is 6.25. The minimum Gasteiger partial charge on any atom is -0.493 e. The molecule has 1 aromatic carbocycles. The van der Waals surface area contributed by atoms with E-state index in [9.17, 15) is 0 Å². The molecule has 2 fully saturated rings. The monoisotopic (exact) mass is 290 g/mol. The highest BCUT2D eigenvalue weighted by Crippen LogP contribution is 2.40. The Morgan fingerprint density at radius 3 is 2.76 bits per heavy atom. The van der Waals surface area contributed by atoms with E-state index in [0.29, 0.717) is 18.6 Å². The van der Waals surface area contributed by atoms with E-state index in [1.807, 2.05) is 18.2 Å². The van der Waals surface area contributed by atoms with E-state index in [0.717, 1.165) is 37.1 Å². The second-order valence-corrected chi connectivity index (χ2v) is 6.43. The normalized spacial score (nSPS) is 26.0. The molecule has 0 unspecified atom stereocenters. The fourth-order valence-corrected chi connectivity index (χ4v) is 3.33. The molecule has 0 amide bonds. The van der Waals surface area contributed by atoms with Crippen molar-refractivity contribution in [1.29, 1.82) is 0 Å². The zero-order valence-electron chi connectivity index (χ0n) is 13.0. The summed E-state index contributed by atoms with van der Waals surface area (Å²) in [5, 5.41) is 0. The predicted octanol–water partition coefficient (Wildman–Crippen LogP) is 2.05. The summed E-state index contributed by atoms with van der Waals surface area (Å²) in [4.78, 5) is 2.44. The van der Waals surface area contributed by atoms with Crippen LogP contribution in [-0.2, 0) is 0 Å². The average molecular weight is 290 g/mol. The fourth-order valence-electron chi connectivity index (χ4n) is 3.33. The molecule has 0 radical (unpaired) electrons. The Morgan fingerprint density at radius 2 is 2.05 bits per heavy atom. The number of hydrogen-bond acceptors (Lipinski definition) is 4. The van der Waals surface area contributed by atoms with E-state index >= 15 is 0 Å². The van der Waals surface area contributed by atoms with Gasteiger partial charge < -0.3 is 15.2 Å². The number of ether oxygens (including phenoxy) is 2.